The maximum absolute atomic E-state index is 11.8. The van der Waals surface area contributed by atoms with Crippen LogP contribution in [0.2, 0.25) is 0 Å². The summed E-state index contributed by atoms with van der Waals surface area (Å²) in [5.41, 5.74) is 0.0186. The van der Waals surface area contributed by atoms with E-state index in [0.717, 1.165) is 12.0 Å². The minimum atomic E-state index is -0.865. The van der Waals surface area contributed by atoms with Crippen molar-refractivity contribution < 1.29 is 14.3 Å². The lowest BCUT2D eigenvalue weighted by atomic mass is 9.91. The van der Waals surface area contributed by atoms with Crippen molar-refractivity contribution in [2.24, 2.45) is 0 Å². The Hall–Kier alpha value is -1.35. The lowest BCUT2D eigenvalue weighted by Gasteiger charge is -2.25. The van der Waals surface area contributed by atoms with Gasteiger partial charge < -0.3 is 9.47 Å². The lowest BCUT2D eigenvalue weighted by molar-refractivity contribution is -0.165. The monoisotopic (exact) mass is 206 g/mol. The topological polar surface area (TPSA) is 35.5 Å². The Morgan fingerprint density at radius 3 is 2.67 bits per heavy atom. The molecular weight excluding hydrogens is 192 g/mol. The van der Waals surface area contributed by atoms with Gasteiger partial charge in [0.15, 0.2) is 5.60 Å². The molecule has 3 heteroatoms. The first-order chi connectivity index (χ1) is 7.29. The van der Waals surface area contributed by atoms with Gasteiger partial charge in [0, 0.05) is 6.61 Å². The molecule has 1 aliphatic heterocycles. The molecule has 0 unspecified atom stereocenters. The largest absolute Gasteiger partial charge is 0.467 e. The average Bonchev–Trinajstić information content (AvgIpc) is 2.79. The van der Waals surface area contributed by atoms with Crippen LogP contribution < -0.4 is 0 Å². The van der Waals surface area contributed by atoms with E-state index in [0.29, 0.717) is 13.0 Å². The molecule has 0 saturated carbocycles. The zero-order valence-electron chi connectivity index (χ0n) is 8.73. The van der Waals surface area contributed by atoms with Gasteiger partial charge in [0.25, 0.3) is 0 Å². The van der Waals surface area contributed by atoms with Crippen LogP contribution in [0, 0.1) is 0 Å². The molecule has 15 heavy (non-hydrogen) atoms. The number of hydrogen-bond acceptors (Lipinski definition) is 3. The van der Waals surface area contributed by atoms with Crippen LogP contribution in [0.15, 0.2) is 30.3 Å². The number of hydrogen-bond donors (Lipinski definition) is 0. The zero-order chi connectivity index (χ0) is 10.7. The van der Waals surface area contributed by atoms with Gasteiger partial charge in [0.05, 0.1) is 7.11 Å². The standard InChI is InChI=1S/C12H14O3/c1-14-11(13)12(8-5-9-15-12)10-6-3-2-4-7-10/h2-4,6-7H,5,8-9H2,1H3/t12-/m1/s1. The summed E-state index contributed by atoms with van der Waals surface area (Å²) in [4.78, 5) is 11.8. The molecule has 1 atom stereocenters. The number of benzene rings is 1. The van der Waals surface area contributed by atoms with E-state index in [1.807, 2.05) is 30.3 Å². The zero-order valence-corrected chi connectivity index (χ0v) is 8.73. The molecule has 1 aromatic carbocycles. The summed E-state index contributed by atoms with van der Waals surface area (Å²) in [6.07, 6.45) is 1.59. The molecule has 1 heterocycles. The molecule has 0 amide bonds. The van der Waals surface area contributed by atoms with Crippen molar-refractivity contribution in [3.63, 3.8) is 0 Å². The van der Waals surface area contributed by atoms with Gasteiger partial charge in [-0.1, -0.05) is 30.3 Å². The third-order valence-electron chi connectivity index (χ3n) is 2.78. The molecule has 1 aromatic rings. The highest BCUT2D eigenvalue weighted by molar-refractivity contribution is 5.81. The summed E-state index contributed by atoms with van der Waals surface area (Å²) >= 11 is 0. The first-order valence-electron chi connectivity index (χ1n) is 5.07. The predicted octanol–water partition coefficient (Wildman–Crippen LogP) is 1.87. The number of carbonyl (C=O) groups excluding carboxylic acids is 1. The van der Waals surface area contributed by atoms with Crippen LogP contribution in [0.5, 0.6) is 0 Å². The molecule has 1 aliphatic rings. The Balaban J connectivity index is 2.39. The molecule has 0 aliphatic carbocycles. The molecule has 0 N–H and O–H groups in total. The van der Waals surface area contributed by atoms with Crippen LogP contribution in [0.1, 0.15) is 18.4 Å². The molecule has 80 valence electrons. The second-order valence-corrected chi connectivity index (χ2v) is 3.64. The van der Waals surface area contributed by atoms with Crippen LogP contribution in [0.3, 0.4) is 0 Å². The third kappa shape index (κ3) is 1.63. The van der Waals surface area contributed by atoms with Crippen molar-refractivity contribution in [1.29, 1.82) is 0 Å². The van der Waals surface area contributed by atoms with Crippen molar-refractivity contribution >= 4 is 5.97 Å². The van der Waals surface area contributed by atoms with E-state index in [1.54, 1.807) is 0 Å². The maximum Gasteiger partial charge on any atom is 0.342 e. The Morgan fingerprint density at radius 2 is 2.13 bits per heavy atom. The molecule has 1 fully saturated rings. The van der Waals surface area contributed by atoms with Gasteiger partial charge in [-0.25, -0.2) is 4.79 Å². The minimum absolute atomic E-state index is 0.300. The highest BCUT2D eigenvalue weighted by atomic mass is 16.6. The predicted molar refractivity (Wildman–Crippen MR) is 55.3 cm³/mol. The Labute approximate surface area is 89.0 Å². The Kier molecular flexibility index (Phi) is 2.73. The molecular formula is C12H14O3. The number of ether oxygens (including phenoxy) is 2. The van der Waals surface area contributed by atoms with Gasteiger partial charge in [0.1, 0.15) is 0 Å². The van der Waals surface area contributed by atoms with Gasteiger partial charge in [-0.3, -0.25) is 0 Å². The van der Waals surface area contributed by atoms with Gasteiger partial charge in [-0.05, 0) is 18.4 Å². The van der Waals surface area contributed by atoms with Gasteiger partial charge in [-0.2, -0.15) is 0 Å². The first-order valence-corrected chi connectivity index (χ1v) is 5.07. The van der Waals surface area contributed by atoms with E-state index in [2.05, 4.69) is 0 Å². The van der Waals surface area contributed by atoms with E-state index in [-0.39, 0.29) is 5.97 Å². The molecule has 1 saturated heterocycles. The van der Waals surface area contributed by atoms with E-state index in [9.17, 15) is 4.79 Å². The van der Waals surface area contributed by atoms with Gasteiger partial charge in [0.2, 0.25) is 0 Å². The highest BCUT2D eigenvalue weighted by Crippen LogP contribution is 2.37. The van der Waals surface area contributed by atoms with E-state index >= 15 is 0 Å². The fourth-order valence-electron chi connectivity index (χ4n) is 2.02. The van der Waals surface area contributed by atoms with Crippen molar-refractivity contribution in [2.75, 3.05) is 13.7 Å². The molecule has 0 bridgehead atoms. The first kappa shape index (κ1) is 10.2. The number of carbonyl (C=O) groups is 1. The number of esters is 1. The summed E-state index contributed by atoms with van der Waals surface area (Å²) in [5.74, 6) is -0.300. The van der Waals surface area contributed by atoms with E-state index in [1.165, 1.54) is 7.11 Å². The van der Waals surface area contributed by atoms with Crippen molar-refractivity contribution in [3.8, 4) is 0 Å². The number of methoxy groups -OCH3 is 1. The fraction of sp³-hybridized carbons (Fsp3) is 0.417. The summed E-state index contributed by atoms with van der Waals surface area (Å²) in [5, 5.41) is 0. The second-order valence-electron chi connectivity index (χ2n) is 3.64. The van der Waals surface area contributed by atoms with Crippen LogP contribution in [0.4, 0.5) is 0 Å². The van der Waals surface area contributed by atoms with Crippen molar-refractivity contribution in [2.45, 2.75) is 18.4 Å². The van der Waals surface area contributed by atoms with Crippen LogP contribution in [0.25, 0.3) is 0 Å². The van der Waals surface area contributed by atoms with E-state index in [4.69, 9.17) is 9.47 Å². The summed E-state index contributed by atoms with van der Waals surface area (Å²) in [6.45, 7) is 0.615. The molecule has 0 radical (unpaired) electrons. The minimum Gasteiger partial charge on any atom is -0.467 e. The summed E-state index contributed by atoms with van der Waals surface area (Å²) in [6, 6.07) is 9.54. The van der Waals surface area contributed by atoms with E-state index < -0.39 is 5.60 Å². The maximum atomic E-state index is 11.8. The Bertz CT molecular complexity index is 339. The molecule has 2 rings (SSSR count). The average molecular weight is 206 g/mol. The quantitative estimate of drug-likeness (QED) is 0.693. The Morgan fingerprint density at radius 1 is 1.40 bits per heavy atom. The summed E-state index contributed by atoms with van der Waals surface area (Å²) in [7, 11) is 1.40. The van der Waals surface area contributed by atoms with Crippen LogP contribution in [-0.4, -0.2) is 19.7 Å². The normalized spacial score (nSPS) is 25.1. The highest BCUT2D eigenvalue weighted by Gasteiger charge is 2.45. The van der Waals surface area contributed by atoms with Crippen LogP contribution in [-0.2, 0) is 19.9 Å². The second kappa shape index (κ2) is 4.03. The smallest absolute Gasteiger partial charge is 0.342 e. The van der Waals surface area contributed by atoms with Crippen molar-refractivity contribution in [3.05, 3.63) is 35.9 Å². The lowest BCUT2D eigenvalue weighted by Crippen LogP contribution is -2.36. The summed E-state index contributed by atoms with van der Waals surface area (Å²) < 4.78 is 10.4. The van der Waals surface area contributed by atoms with Crippen molar-refractivity contribution in [1.82, 2.24) is 0 Å². The fourth-order valence-corrected chi connectivity index (χ4v) is 2.02. The molecule has 0 aromatic heterocycles. The number of rotatable bonds is 2. The van der Waals surface area contributed by atoms with Gasteiger partial charge >= 0.3 is 5.97 Å². The van der Waals surface area contributed by atoms with Crippen LogP contribution >= 0.6 is 0 Å². The third-order valence-corrected chi connectivity index (χ3v) is 2.78. The van der Waals surface area contributed by atoms with Gasteiger partial charge in [-0.15, -0.1) is 0 Å². The SMILES string of the molecule is COC(=O)[C@]1(c2ccccc2)CCCO1. The molecule has 0 spiro atoms. The molecule has 3 nitrogen and oxygen atoms in total.